The van der Waals surface area contributed by atoms with Gasteiger partial charge in [0.2, 0.25) is 5.95 Å². The van der Waals surface area contributed by atoms with Crippen molar-refractivity contribution in [1.29, 1.82) is 5.26 Å². The summed E-state index contributed by atoms with van der Waals surface area (Å²) in [5.74, 6) is 1.87. The number of hydrogen-bond donors (Lipinski definition) is 0. The van der Waals surface area contributed by atoms with Crippen LogP contribution in [-0.4, -0.2) is 19.5 Å². The van der Waals surface area contributed by atoms with Crippen LogP contribution in [0, 0.1) is 11.3 Å². The molecule has 7 aromatic carbocycles. The van der Waals surface area contributed by atoms with Crippen molar-refractivity contribution < 1.29 is 0 Å². The molecule has 0 fully saturated rings. The lowest BCUT2D eigenvalue weighted by Crippen LogP contribution is -2.06. The Bertz CT molecular complexity index is 2790. The Kier molecular flexibility index (Phi) is 6.87. The molecular formula is C47H29N5. The number of nitriles is 1. The van der Waals surface area contributed by atoms with Gasteiger partial charge in [-0.05, 0) is 69.3 Å². The van der Waals surface area contributed by atoms with Gasteiger partial charge in [-0.1, -0.05) is 140 Å². The summed E-state index contributed by atoms with van der Waals surface area (Å²) in [4.78, 5) is 15.0. The minimum absolute atomic E-state index is 0.207. The van der Waals surface area contributed by atoms with Crippen molar-refractivity contribution in [3.05, 3.63) is 192 Å². The van der Waals surface area contributed by atoms with Crippen LogP contribution >= 0.6 is 0 Å². The van der Waals surface area contributed by atoms with E-state index >= 15 is 0 Å². The summed E-state index contributed by atoms with van der Waals surface area (Å²) in [6, 6.07) is 61.2. The van der Waals surface area contributed by atoms with Gasteiger partial charge in [0.25, 0.3) is 0 Å². The molecule has 0 saturated heterocycles. The van der Waals surface area contributed by atoms with Gasteiger partial charge in [0.15, 0.2) is 11.6 Å². The zero-order valence-corrected chi connectivity index (χ0v) is 28.0. The Balaban J connectivity index is 1.17. The number of aromatic nitrogens is 4. The summed E-state index contributed by atoms with van der Waals surface area (Å²) in [6.07, 6.45) is 0. The molecule has 1 atom stereocenters. The molecule has 9 aromatic rings. The molecule has 0 bridgehead atoms. The standard InChI is InChI=1S/C47H29N5/c48-29-30-20-23-37-41-28-35(34-21-24-39-40(27-34)36-18-10-11-19-38(36)44(39)31-12-4-1-5-13-31)22-25-42(41)52(43(37)26-30)47-50-45(32-14-6-2-7-15-32)49-46(51-47)33-16-8-3-9-17-33/h1-28,44H. The smallest absolute Gasteiger partial charge is 0.238 e. The van der Waals surface area contributed by atoms with Gasteiger partial charge < -0.3 is 0 Å². The summed E-state index contributed by atoms with van der Waals surface area (Å²) in [5, 5.41) is 12.0. The number of fused-ring (bicyclic) bond motifs is 6. The summed E-state index contributed by atoms with van der Waals surface area (Å²) < 4.78 is 2.07. The summed E-state index contributed by atoms with van der Waals surface area (Å²) >= 11 is 0. The van der Waals surface area contributed by atoms with Gasteiger partial charge in [0, 0.05) is 27.8 Å². The highest BCUT2D eigenvalue weighted by atomic mass is 15.2. The van der Waals surface area contributed by atoms with E-state index in [9.17, 15) is 5.26 Å². The summed E-state index contributed by atoms with van der Waals surface area (Å²) in [7, 11) is 0. The SMILES string of the molecule is N#Cc1ccc2c3cc(-c4ccc5c(c4)-c4ccccc4C5c4ccccc4)ccc3n(-c3nc(-c4ccccc4)nc(-c4ccccc4)n3)c2c1. The quantitative estimate of drug-likeness (QED) is 0.184. The van der Waals surface area contributed by atoms with Gasteiger partial charge in [0.1, 0.15) is 0 Å². The second-order valence-electron chi connectivity index (χ2n) is 13.2. The minimum atomic E-state index is 0.207. The second kappa shape index (κ2) is 12.0. The molecule has 52 heavy (non-hydrogen) atoms. The van der Waals surface area contributed by atoms with E-state index in [4.69, 9.17) is 15.0 Å². The Morgan fingerprint density at radius 3 is 1.79 bits per heavy atom. The van der Waals surface area contributed by atoms with Crippen LogP contribution in [0.5, 0.6) is 0 Å². The average Bonchev–Trinajstić information content (AvgIpc) is 3.73. The minimum Gasteiger partial charge on any atom is -0.278 e. The van der Waals surface area contributed by atoms with Crippen molar-refractivity contribution in [2.45, 2.75) is 5.92 Å². The third-order valence-corrected chi connectivity index (χ3v) is 10.2. The van der Waals surface area contributed by atoms with Crippen LogP contribution in [0.4, 0.5) is 0 Å². The zero-order valence-electron chi connectivity index (χ0n) is 28.0. The molecule has 1 unspecified atom stereocenters. The van der Waals surface area contributed by atoms with Crippen LogP contribution in [0.15, 0.2) is 170 Å². The van der Waals surface area contributed by atoms with Crippen molar-refractivity contribution in [2.75, 3.05) is 0 Å². The van der Waals surface area contributed by atoms with Gasteiger partial charge >= 0.3 is 0 Å². The van der Waals surface area contributed by atoms with Crippen LogP contribution in [-0.2, 0) is 0 Å². The fraction of sp³-hybridized carbons (Fsp3) is 0.0213. The highest BCUT2D eigenvalue weighted by molar-refractivity contribution is 6.10. The number of hydrogen-bond acceptors (Lipinski definition) is 4. The number of rotatable bonds is 5. The molecule has 0 radical (unpaired) electrons. The maximum absolute atomic E-state index is 9.95. The van der Waals surface area contributed by atoms with Crippen LogP contribution in [0.3, 0.4) is 0 Å². The zero-order chi connectivity index (χ0) is 34.6. The Labute approximate surface area is 300 Å². The molecule has 0 amide bonds. The molecule has 2 heterocycles. The van der Waals surface area contributed by atoms with Crippen molar-refractivity contribution in [3.63, 3.8) is 0 Å². The van der Waals surface area contributed by atoms with Gasteiger partial charge in [-0.15, -0.1) is 0 Å². The predicted molar refractivity (Wildman–Crippen MR) is 208 cm³/mol. The first-order valence-electron chi connectivity index (χ1n) is 17.4. The lowest BCUT2D eigenvalue weighted by Gasteiger charge is -2.14. The lowest BCUT2D eigenvalue weighted by molar-refractivity contribution is 0.953. The van der Waals surface area contributed by atoms with E-state index in [1.165, 1.54) is 27.8 Å². The molecule has 1 aliphatic rings. The molecule has 0 saturated carbocycles. The van der Waals surface area contributed by atoms with Gasteiger partial charge in [-0.3, -0.25) is 4.57 Å². The van der Waals surface area contributed by atoms with E-state index < -0.39 is 0 Å². The van der Waals surface area contributed by atoms with Crippen molar-refractivity contribution >= 4 is 21.8 Å². The molecule has 10 rings (SSSR count). The fourth-order valence-corrected chi connectivity index (χ4v) is 7.77. The van der Waals surface area contributed by atoms with E-state index in [-0.39, 0.29) is 5.92 Å². The van der Waals surface area contributed by atoms with Crippen LogP contribution in [0.1, 0.15) is 28.2 Å². The van der Waals surface area contributed by atoms with Gasteiger partial charge in [-0.25, -0.2) is 4.98 Å². The first-order valence-corrected chi connectivity index (χ1v) is 17.4. The molecule has 0 aliphatic heterocycles. The Morgan fingerprint density at radius 2 is 1.08 bits per heavy atom. The second-order valence-corrected chi connectivity index (χ2v) is 13.2. The molecule has 2 aromatic heterocycles. The van der Waals surface area contributed by atoms with E-state index in [0.717, 1.165) is 44.1 Å². The average molecular weight is 664 g/mol. The van der Waals surface area contributed by atoms with Crippen molar-refractivity contribution in [2.24, 2.45) is 0 Å². The lowest BCUT2D eigenvalue weighted by atomic mass is 9.89. The maximum atomic E-state index is 9.95. The number of benzene rings is 7. The van der Waals surface area contributed by atoms with E-state index in [0.29, 0.717) is 23.2 Å². The predicted octanol–water partition coefficient (Wildman–Crippen LogP) is 11.0. The fourth-order valence-electron chi connectivity index (χ4n) is 7.77. The molecular weight excluding hydrogens is 635 g/mol. The monoisotopic (exact) mass is 663 g/mol. The Hall–Kier alpha value is -7.16. The molecule has 242 valence electrons. The third-order valence-electron chi connectivity index (χ3n) is 10.2. The molecule has 0 spiro atoms. The molecule has 0 N–H and O–H groups in total. The van der Waals surface area contributed by atoms with Crippen molar-refractivity contribution in [1.82, 2.24) is 19.5 Å². The van der Waals surface area contributed by atoms with E-state index in [1.54, 1.807) is 0 Å². The van der Waals surface area contributed by atoms with Crippen LogP contribution < -0.4 is 0 Å². The highest BCUT2D eigenvalue weighted by Gasteiger charge is 2.30. The third kappa shape index (κ3) is 4.81. The topological polar surface area (TPSA) is 67.4 Å². The summed E-state index contributed by atoms with van der Waals surface area (Å²) in [5.41, 5.74) is 13.0. The first kappa shape index (κ1) is 29.7. The maximum Gasteiger partial charge on any atom is 0.238 e. The molecule has 5 heteroatoms. The highest BCUT2D eigenvalue weighted by Crippen LogP contribution is 2.49. The summed E-state index contributed by atoms with van der Waals surface area (Å²) in [6.45, 7) is 0. The molecule has 1 aliphatic carbocycles. The molecule has 5 nitrogen and oxygen atoms in total. The first-order chi connectivity index (χ1) is 25.7. The van der Waals surface area contributed by atoms with E-state index in [1.807, 2.05) is 78.9 Å². The van der Waals surface area contributed by atoms with Crippen LogP contribution in [0.25, 0.3) is 72.8 Å². The Morgan fingerprint density at radius 1 is 0.462 bits per heavy atom. The van der Waals surface area contributed by atoms with Crippen molar-refractivity contribution in [3.8, 4) is 57.0 Å². The number of nitrogens with zero attached hydrogens (tertiary/aromatic N) is 5. The van der Waals surface area contributed by atoms with Crippen LogP contribution in [0.2, 0.25) is 0 Å². The van der Waals surface area contributed by atoms with Gasteiger partial charge in [-0.2, -0.15) is 15.2 Å². The largest absolute Gasteiger partial charge is 0.278 e. The van der Waals surface area contributed by atoms with Gasteiger partial charge in [0.05, 0.1) is 22.7 Å². The van der Waals surface area contributed by atoms with E-state index in [2.05, 4.69) is 102 Å². The normalized spacial score (nSPS) is 13.2.